The first kappa shape index (κ1) is 18.0. The van der Waals surface area contributed by atoms with E-state index in [2.05, 4.69) is 15.9 Å². The van der Waals surface area contributed by atoms with E-state index in [-0.39, 0.29) is 11.7 Å². The van der Waals surface area contributed by atoms with Crippen molar-refractivity contribution in [1.82, 2.24) is 0 Å². The fourth-order valence-electron chi connectivity index (χ4n) is 1.84. The highest BCUT2D eigenvalue weighted by Crippen LogP contribution is 2.24. The van der Waals surface area contributed by atoms with Crippen molar-refractivity contribution in [2.75, 3.05) is 11.1 Å². The third-order valence-electron chi connectivity index (χ3n) is 3.41. The molecule has 1 aromatic rings. The molecule has 0 fully saturated rings. The number of alkyl halides is 1. The lowest BCUT2D eigenvalue weighted by Gasteiger charge is -2.21. The van der Waals surface area contributed by atoms with Crippen LogP contribution in [0.1, 0.15) is 32.8 Å². The van der Waals surface area contributed by atoms with Gasteiger partial charge in [0.2, 0.25) is 0 Å². The van der Waals surface area contributed by atoms with Crippen molar-refractivity contribution in [1.29, 1.82) is 0 Å². The van der Waals surface area contributed by atoms with Crippen LogP contribution in [-0.4, -0.2) is 24.2 Å². The predicted octanol–water partition coefficient (Wildman–Crippen LogP) is 4.50. The van der Waals surface area contributed by atoms with Crippen molar-refractivity contribution in [3.05, 3.63) is 34.9 Å². The molecule has 0 aliphatic carbocycles. The maximum Gasteiger partial charge on any atom is 0.155 e. The van der Waals surface area contributed by atoms with Gasteiger partial charge in [-0.25, -0.2) is 8.42 Å². The average molecular weight is 382 g/mol. The van der Waals surface area contributed by atoms with E-state index in [9.17, 15) is 8.42 Å². The Morgan fingerprint density at radius 1 is 1.25 bits per heavy atom. The number of sulfone groups is 1. The fourth-order valence-corrected chi connectivity index (χ4v) is 3.86. The molecule has 114 valence electrons. The van der Waals surface area contributed by atoms with Gasteiger partial charge in [0.25, 0.3) is 0 Å². The van der Waals surface area contributed by atoms with Gasteiger partial charge in [0.15, 0.2) is 9.84 Å². The van der Waals surface area contributed by atoms with Gasteiger partial charge in [0, 0.05) is 10.4 Å². The Labute approximate surface area is 136 Å². The van der Waals surface area contributed by atoms with Crippen molar-refractivity contribution < 1.29 is 8.42 Å². The monoisotopic (exact) mass is 380 g/mol. The minimum Gasteiger partial charge on any atom is -0.228 e. The zero-order chi connectivity index (χ0) is 15.4. The molecule has 0 amide bonds. The van der Waals surface area contributed by atoms with Crippen molar-refractivity contribution in [2.45, 2.75) is 38.4 Å². The van der Waals surface area contributed by atoms with E-state index in [0.29, 0.717) is 6.42 Å². The summed E-state index contributed by atoms with van der Waals surface area (Å²) < 4.78 is 23.6. The minimum atomic E-state index is -3.06. The molecule has 0 radical (unpaired) electrons. The summed E-state index contributed by atoms with van der Waals surface area (Å²) in [7, 11) is -3.06. The second kappa shape index (κ2) is 7.28. The highest BCUT2D eigenvalue weighted by Gasteiger charge is 2.29. The molecule has 1 atom stereocenters. The van der Waals surface area contributed by atoms with E-state index in [4.69, 9.17) is 11.6 Å². The van der Waals surface area contributed by atoms with Gasteiger partial charge in [-0.2, -0.15) is 0 Å². The van der Waals surface area contributed by atoms with Crippen LogP contribution in [0.5, 0.6) is 0 Å². The number of halogens is 2. The Kier molecular flexibility index (Phi) is 6.55. The Hall–Kier alpha value is -0.0600. The van der Waals surface area contributed by atoms with Crippen LogP contribution in [0.25, 0.3) is 0 Å². The molecule has 0 bridgehead atoms. The van der Waals surface area contributed by atoms with Crippen LogP contribution >= 0.6 is 27.5 Å². The van der Waals surface area contributed by atoms with Crippen LogP contribution < -0.4 is 0 Å². The first-order valence-corrected chi connectivity index (χ1v) is 9.84. The lowest BCUT2D eigenvalue weighted by molar-refractivity contribution is 0.532. The SMILES string of the molecule is CC(C)(C)S(=O)(=O)CCC(CBr)Cc1ccccc1Cl. The summed E-state index contributed by atoms with van der Waals surface area (Å²) in [5, 5.41) is 1.52. The molecule has 1 unspecified atom stereocenters. The smallest absolute Gasteiger partial charge is 0.155 e. The molecular weight excluding hydrogens is 360 g/mol. The third-order valence-corrected chi connectivity index (χ3v) is 7.34. The summed E-state index contributed by atoms with van der Waals surface area (Å²) in [5.41, 5.74) is 1.08. The second-order valence-corrected chi connectivity index (χ2v) is 9.95. The molecule has 5 heteroatoms. The van der Waals surface area contributed by atoms with Gasteiger partial charge in [-0.3, -0.25) is 0 Å². The molecule has 20 heavy (non-hydrogen) atoms. The molecule has 0 N–H and O–H groups in total. The van der Waals surface area contributed by atoms with E-state index in [1.165, 1.54) is 0 Å². The number of benzene rings is 1. The molecule has 0 spiro atoms. The Morgan fingerprint density at radius 3 is 2.35 bits per heavy atom. The van der Waals surface area contributed by atoms with Gasteiger partial charge >= 0.3 is 0 Å². The Morgan fingerprint density at radius 2 is 1.85 bits per heavy atom. The fraction of sp³-hybridized carbons (Fsp3) is 0.600. The highest BCUT2D eigenvalue weighted by molar-refractivity contribution is 9.09. The molecule has 0 aliphatic rings. The van der Waals surface area contributed by atoms with Crippen LogP contribution in [0, 0.1) is 5.92 Å². The molecule has 1 rings (SSSR count). The molecular formula is C15H22BrClO2S. The maximum atomic E-state index is 12.2. The summed E-state index contributed by atoms with van der Waals surface area (Å²) in [4.78, 5) is 0. The summed E-state index contributed by atoms with van der Waals surface area (Å²) >= 11 is 9.63. The van der Waals surface area contributed by atoms with Crippen LogP contribution in [0.3, 0.4) is 0 Å². The third kappa shape index (κ3) is 5.05. The van der Waals surface area contributed by atoms with Gasteiger partial charge in [0.1, 0.15) is 0 Å². The highest BCUT2D eigenvalue weighted by atomic mass is 79.9. The molecule has 2 nitrogen and oxygen atoms in total. The summed E-state index contributed by atoms with van der Waals surface area (Å²) in [6, 6.07) is 7.72. The predicted molar refractivity (Wildman–Crippen MR) is 90.6 cm³/mol. The van der Waals surface area contributed by atoms with Gasteiger partial charge in [0.05, 0.1) is 10.5 Å². The maximum absolute atomic E-state index is 12.2. The summed E-state index contributed by atoms with van der Waals surface area (Å²) in [5.74, 6) is 0.490. The zero-order valence-electron chi connectivity index (χ0n) is 12.2. The molecule has 0 aliphatic heterocycles. The zero-order valence-corrected chi connectivity index (χ0v) is 15.4. The minimum absolute atomic E-state index is 0.219. The summed E-state index contributed by atoms with van der Waals surface area (Å²) in [6.07, 6.45) is 1.45. The van der Waals surface area contributed by atoms with E-state index < -0.39 is 14.6 Å². The lowest BCUT2D eigenvalue weighted by Crippen LogP contribution is -2.31. The molecule has 0 aromatic heterocycles. The second-order valence-electron chi connectivity index (χ2n) is 6.04. The molecule has 0 saturated heterocycles. The largest absolute Gasteiger partial charge is 0.228 e. The number of hydrogen-bond acceptors (Lipinski definition) is 2. The van der Waals surface area contributed by atoms with Crippen LogP contribution in [0.2, 0.25) is 5.02 Å². The van der Waals surface area contributed by atoms with E-state index in [0.717, 1.165) is 22.3 Å². The molecule has 1 aromatic carbocycles. The van der Waals surface area contributed by atoms with E-state index >= 15 is 0 Å². The normalized spacial score (nSPS) is 14.2. The van der Waals surface area contributed by atoms with Gasteiger partial charge in [-0.15, -0.1) is 0 Å². The standard InChI is InChI=1S/C15H22BrClO2S/c1-15(2,3)20(18,19)9-8-12(11-16)10-13-6-4-5-7-14(13)17/h4-7,12H,8-11H2,1-3H3. The first-order valence-electron chi connectivity index (χ1n) is 6.69. The van der Waals surface area contributed by atoms with Gasteiger partial charge in [-0.05, 0) is 51.2 Å². The quantitative estimate of drug-likeness (QED) is 0.680. The van der Waals surface area contributed by atoms with Gasteiger partial charge < -0.3 is 0 Å². The number of rotatable bonds is 6. The van der Waals surface area contributed by atoms with Crippen molar-refractivity contribution >= 4 is 37.4 Å². The average Bonchev–Trinajstić information content (AvgIpc) is 2.35. The van der Waals surface area contributed by atoms with E-state index in [1.54, 1.807) is 20.8 Å². The van der Waals surface area contributed by atoms with Crippen LogP contribution in [-0.2, 0) is 16.3 Å². The van der Waals surface area contributed by atoms with Crippen molar-refractivity contribution in [3.8, 4) is 0 Å². The summed E-state index contributed by atoms with van der Waals surface area (Å²) in [6.45, 7) is 5.25. The molecule has 0 saturated carbocycles. The van der Waals surface area contributed by atoms with Gasteiger partial charge in [-0.1, -0.05) is 45.7 Å². The van der Waals surface area contributed by atoms with Crippen molar-refractivity contribution in [2.24, 2.45) is 5.92 Å². The Bertz CT molecular complexity index is 535. The first-order chi connectivity index (χ1) is 9.17. The lowest BCUT2D eigenvalue weighted by atomic mass is 9.99. The van der Waals surface area contributed by atoms with E-state index in [1.807, 2.05) is 24.3 Å². The topological polar surface area (TPSA) is 34.1 Å². The number of hydrogen-bond donors (Lipinski definition) is 0. The Balaban J connectivity index is 2.68. The van der Waals surface area contributed by atoms with Crippen LogP contribution in [0.15, 0.2) is 24.3 Å². The van der Waals surface area contributed by atoms with Crippen LogP contribution in [0.4, 0.5) is 0 Å². The molecule has 0 heterocycles. The van der Waals surface area contributed by atoms with Crippen molar-refractivity contribution in [3.63, 3.8) is 0 Å².